The fraction of sp³-hybridized carbons (Fsp3) is 0.400. The highest BCUT2D eigenvalue weighted by Crippen LogP contribution is 2.00. The lowest BCUT2D eigenvalue weighted by Gasteiger charge is -2.13. The molecular formula is C5H6FN3O. The van der Waals surface area contributed by atoms with Crippen LogP contribution in [0.1, 0.15) is 6.92 Å². The Hall–Kier alpha value is -1.26. The molecule has 1 heterocycles. The van der Waals surface area contributed by atoms with Gasteiger partial charge in [-0.05, 0) is 6.92 Å². The Morgan fingerprint density at radius 2 is 2.40 bits per heavy atom. The van der Waals surface area contributed by atoms with Crippen LogP contribution in [0.5, 0.6) is 0 Å². The Bertz CT molecular complexity index is 223. The summed E-state index contributed by atoms with van der Waals surface area (Å²) < 4.78 is 12.5. The average Bonchev–Trinajstić information content (AvgIpc) is 1.82. The van der Waals surface area contributed by atoms with E-state index in [2.05, 4.69) is 4.99 Å². The molecule has 1 rings (SSSR count). The van der Waals surface area contributed by atoms with Crippen molar-refractivity contribution in [2.75, 3.05) is 0 Å². The second-order valence-corrected chi connectivity index (χ2v) is 1.95. The summed E-state index contributed by atoms with van der Waals surface area (Å²) >= 11 is 0. The van der Waals surface area contributed by atoms with Gasteiger partial charge in [-0.15, -0.1) is 0 Å². The van der Waals surface area contributed by atoms with Crippen molar-refractivity contribution in [3.63, 3.8) is 0 Å². The van der Waals surface area contributed by atoms with Crippen LogP contribution in [0.3, 0.4) is 0 Å². The number of hydrogen-bond donors (Lipinski definition) is 2. The summed E-state index contributed by atoms with van der Waals surface area (Å²) in [5.41, 5.74) is 0.0359. The van der Waals surface area contributed by atoms with Gasteiger partial charge >= 0.3 is 0 Å². The minimum Gasteiger partial charge on any atom is -0.292 e. The van der Waals surface area contributed by atoms with Crippen LogP contribution in [0.15, 0.2) is 4.99 Å². The number of guanidine groups is 1. The highest BCUT2D eigenvalue weighted by atomic mass is 19.1. The van der Waals surface area contributed by atoms with E-state index in [0.29, 0.717) is 0 Å². The lowest BCUT2D eigenvalue weighted by molar-refractivity contribution is -0.122. The first-order chi connectivity index (χ1) is 4.61. The van der Waals surface area contributed by atoms with Gasteiger partial charge in [-0.3, -0.25) is 15.5 Å². The summed E-state index contributed by atoms with van der Waals surface area (Å²) in [5.74, 6) is -1.10. The zero-order valence-electron chi connectivity index (χ0n) is 5.31. The van der Waals surface area contributed by atoms with Crippen molar-refractivity contribution in [3.8, 4) is 0 Å². The molecule has 1 amide bonds. The molecule has 2 N–H and O–H groups in total. The summed E-state index contributed by atoms with van der Waals surface area (Å²) in [6.07, 6.45) is -1.69. The fourth-order valence-corrected chi connectivity index (χ4v) is 0.631. The number of nitrogens with zero attached hydrogens (tertiary/aromatic N) is 1. The molecule has 0 spiro atoms. The number of carbonyl (C=O) groups is 1. The van der Waals surface area contributed by atoms with E-state index in [1.54, 1.807) is 0 Å². The molecule has 54 valence electrons. The normalized spacial score (nSPS) is 25.8. The summed E-state index contributed by atoms with van der Waals surface area (Å²) in [7, 11) is 0. The first-order valence-electron chi connectivity index (χ1n) is 2.70. The van der Waals surface area contributed by atoms with E-state index >= 15 is 0 Å². The van der Waals surface area contributed by atoms with E-state index in [0.717, 1.165) is 0 Å². The van der Waals surface area contributed by atoms with Gasteiger partial charge < -0.3 is 0 Å². The van der Waals surface area contributed by atoms with Crippen molar-refractivity contribution in [2.45, 2.75) is 13.1 Å². The average molecular weight is 143 g/mol. The molecule has 0 bridgehead atoms. The highest BCUT2D eigenvalue weighted by Gasteiger charge is 2.25. The maximum Gasteiger partial charge on any atom is 0.267 e. The Balaban J connectivity index is 2.91. The first kappa shape index (κ1) is 6.85. The summed E-state index contributed by atoms with van der Waals surface area (Å²) in [6, 6.07) is 0. The van der Waals surface area contributed by atoms with Crippen molar-refractivity contribution in [1.29, 1.82) is 5.41 Å². The van der Waals surface area contributed by atoms with Crippen molar-refractivity contribution in [3.05, 3.63) is 0 Å². The Morgan fingerprint density at radius 3 is 2.90 bits per heavy atom. The van der Waals surface area contributed by atoms with Crippen LogP contribution in [0, 0.1) is 5.41 Å². The SMILES string of the molecule is CC1=NC(=N)NC(=O)C1F. The van der Waals surface area contributed by atoms with Crippen LogP contribution < -0.4 is 5.32 Å². The molecule has 0 saturated carbocycles. The minimum absolute atomic E-state index is 0.0359. The number of amides is 1. The zero-order chi connectivity index (χ0) is 7.72. The largest absolute Gasteiger partial charge is 0.292 e. The van der Waals surface area contributed by atoms with Crippen molar-refractivity contribution in [2.24, 2.45) is 4.99 Å². The molecule has 0 saturated heterocycles. The maximum atomic E-state index is 12.5. The molecule has 4 nitrogen and oxygen atoms in total. The molecule has 1 unspecified atom stereocenters. The Labute approximate surface area is 56.7 Å². The van der Waals surface area contributed by atoms with E-state index in [4.69, 9.17) is 5.41 Å². The fourth-order valence-electron chi connectivity index (χ4n) is 0.631. The summed E-state index contributed by atoms with van der Waals surface area (Å²) in [5, 5.41) is 8.79. The van der Waals surface area contributed by atoms with Crippen LogP contribution in [-0.2, 0) is 4.79 Å². The number of alkyl halides is 1. The second-order valence-electron chi connectivity index (χ2n) is 1.95. The number of rotatable bonds is 0. The van der Waals surface area contributed by atoms with E-state index in [9.17, 15) is 9.18 Å². The molecular weight excluding hydrogens is 137 g/mol. The third-order valence-corrected chi connectivity index (χ3v) is 1.13. The Kier molecular flexibility index (Phi) is 1.48. The quantitative estimate of drug-likeness (QED) is 0.486. The van der Waals surface area contributed by atoms with Crippen LogP contribution >= 0.6 is 0 Å². The van der Waals surface area contributed by atoms with E-state index in [-0.39, 0.29) is 11.7 Å². The predicted molar refractivity (Wildman–Crippen MR) is 33.9 cm³/mol. The molecule has 0 aromatic carbocycles. The molecule has 0 aliphatic carbocycles. The molecule has 0 aromatic heterocycles. The maximum absolute atomic E-state index is 12.5. The van der Waals surface area contributed by atoms with Crippen LogP contribution in [0.25, 0.3) is 0 Å². The van der Waals surface area contributed by atoms with Gasteiger partial charge in [-0.2, -0.15) is 0 Å². The van der Waals surface area contributed by atoms with Crippen LogP contribution in [0.4, 0.5) is 4.39 Å². The number of aliphatic imine (C=N–C) groups is 1. The van der Waals surface area contributed by atoms with Crippen molar-refractivity contribution in [1.82, 2.24) is 5.32 Å². The Morgan fingerprint density at radius 1 is 1.80 bits per heavy atom. The molecule has 0 radical (unpaired) electrons. The van der Waals surface area contributed by atoms with Gasteiger partial charge in [-0.25, -0.2) is 9.38 Å². The van der Waals surface area contributed by atoms with Crippen molar-refractivity contribution < 1.29 is 9.18 Å². The predicted octanol–water partition coefficient (Wildman–Crippen LogP) is -0.150. The third-order valence-electron chi connectivity index (χ3n) is 1.13. The molecule has 0 aromatic rings. The number of hydrogen-bond acceptors (Lipinski definition) is 2. The summed E-state index contributed by atoms with van der Waals surface area (Å²) in [6.45, 7) is 1.37. The third kappa shape index (κ3) is 1.02. The summed E-state index contributed by atoms with van der Waals surface area (Å²) in [4.78, 5) is 13.9. The molecule has 1 aliphatic rings. The van der Waals surface area contributed by atoms with E-state index in [1.165, 1.54) is 6.92 Å². The van der Waals surface area contributed by atoms with Crippen LogP contribution in [0.2, 0.25) is 0 Å². The van der Waals surface area contributed by atoms with Gasteiger partial charge in [0.2, 0.25) is 12.1 Å². The van der Waals surface area contributed by atoms with Gasteiger partial charge in [-0.1, -0.05) is 0 Å². The molecule has 10 heavy (non-hydrogen) atoms. The standard InChI is InChI=1S/C5H6FN3O/c1-2-3(6)4(10)9-5(7)8-2/h3H,1H3,(H2,7,9,10). The number of carbonyl (C=O) groups excluding carboxylic acids is 1. The van der Waals surface area contributed by atoms with Gasteiger partial charge in [0.15, 0.2) is 0 Å². The minimum atomic E-state index is -1.69. The van der Waals surface area contributed by atoms with Gasteiger partial charge in [0.05, 0.1) is 5.71 Å². The smallest absolute Gasteiger partial charge is 0.267 e. The lowest BCUT2D eigenvalue weighted by atomic mass is 10.2. The molecule has 5 heteroatoms. The first-order valence-corrected chi connectivity index (χ1v) is 2.70. The number of halogens is 1. The topological polar surface area (TPSA) is 65.3 Å². The zero-order valence-corrected chi connectivity index (χ0v) is 5.31. The monoisotopic (exact) mass is 143 g/mol. The molecule has 1 atom stereocenters. The van der Waals surface area contributed by atoms with Gasteiger partial charge in [0, 0.05) is 0 Å². The molecule has 1 aliphatic heterocycles. The highest BCUT2D eigenvalue weighted by molar-refractivity contribution is 6.18. The van der Waals surface area contributed by atoms with Crippen LogP contribution in [-0.4, -0.2) is 23.8 Å². The number of nitrogens with one attached hydrogen (secondary N) is 2. The van der Waals surface area contributed by atoms with E-state index < -0.39 is 12.1 Å². The van der Waals surface area contributed by atoms with Gasteiger partial charge in [0.25, 0.3) is 5.91 Å². The van der Waals surface area contributed by atoms with Crippen molar-refractivity contribution >= 4 is 17.6 Å². The lowest BCUT2D eigenvalue weighted by Crippen LogP contribution is -2.43. The van der Waals surface area contributed by atoms with E-state index in [1.807, 2.05) is 5.32 Å². The second kappa shape index (κ2) is 2.17. The van der Waals surface area contributed by atoms with Gasteiger partial charge in [0.1, 0.15) is 0 Å². The molecule has 0 fully saturated rings.